The lowest BCUT2D eigenvalue weighted by atomic mass is 9.98. The van der Waals surface area contributed by atoms with Gasteiger partial charge in [-0.2, -0.15) is 0 Å². The van der Waals surface area contributed by atoms with Crippen LogP contribution >= 0.6 is 0 Å². The van der Waals surface area contributed by atoms with Crippen molar-refractivity contribution in [3.05, 3.63) is 45.0 Å². The maximum absolute atomic E-state index is 14.8. The van der Waals surface area contributed by atoms with Gasteiger partial charge in [-0.1, -0.05) is 13.8 Å². The Labute approximate surface area is 129 Å². The predicted molar refractivity (Wildman–Crippen MR) is 77.4 cm³/mol. The third kappa shape index (κ3) is 2.22. The molecule has 1 aromatic heterocycles. The highest BCUT2D eigenvalue weighted by Gasteiger charge is 2.32. The topological polar surface area (TPSA) is 59.3 Å². The van der Waals surface area contributed by atoms with Crippen molar-refractivity contribution in [2.45, 2.75) is 38.6 Å². The number of hydrogen-bond donors (Lipinski definition) is 1. The molecule has 0 unspecified atom stereocenters. The number of carboxylic acids is 1. The Morgan fingerprint density at radius 2 is 1.83 bits per heavy atom. The van der Waals surface area contributed by atoms with E-state index in [9.17, 15) is 22.8 Å². The normalized spacial score (nSPS) is 14.7. The first kappa shape index (κ1) is 15.6. The van der Waals surface area contributed by atoms with Gasteiger partial charge in [0.2, 0.25) is 5.43 Å². The SMILES string of the molecule is CC(C)c1c(F)c(F)c2c(=O)c(C(=O)O)cn(C3CC3)c2c1F. The van der Waals surface area contributed by atoms with Crippen LogP contribution in [0.5, 0.6) is 0 Å². The lowest BCUT2D eigenvalue weighted by molar-refractivity contribution is 0.0694. The molecule has 0 bridgehead atoms. The summed E-state index contributed by atoms with van der Waals surface area (Å²) in [6, 6.07) is -0.212. The van der Waals surface area contributed by atoms with Gasteiger partial charge in [-0.15, -0.1) is 0 Å². The van der Waals surface area contributed by atoms with E-state index in [2.05, 4.69) is 0 Å². The van der Waals surface area contributed by atoms with Crippen molar-refractivity contribution in [1.29, 1.82) is 0 Å². The molecule has 1 aliphatic carbocycles. The minimum atomic E-state index is -1.56. The Morgan fingerprint density at radius 1 is 1.22 bits per heavy atom. The number of hydrogen-bond acceptors (Lipinski definition) is 2. The van der Waals surface area contributed by atoms with Crippen molar-refractivity contribution in [2.75, 3.05) is 0 Å². The first-order valence-corrected chi connectivity index (χ1v) is 7.24. The van der Waals surface area contributed by atoms with Gasteiger partial charge in [0.1, 0.15) is 5.56 Å². The highest BCUT2D eigenvalue weighted by molar-refractivity contribution is 5.93. The van der Waals surface area contributed by atoms with Gasteiger partial charge in [0.05, 0.1) is 10.9 Å². The zero-order valence-corrected chi connectivity index (χ0v) is 12.5. The van der Waals surface area contributed by atoms with Crippen molar-refractivity contribution >= 4 is 16.9 Å². The number of benzene rings is 1. The number of nitrogens with zero attached hydrogens (tertiary/aromatic N) is 1. The molecule has 7 heteroatoms. The van der Waals surface area contributed by atoms with Crippen LogP contribution in [0.4, 0.5) is 13.2 Å². The largest absolute Gasteiger partial charge is 0.477 e. The van der Waals surface area contributed by atoms with Crippen LogP contribution in [0.15, 0.2) is 11.0 Å². The zero-order valence-electron chi connectivity index (χ0n) is 12.5. The molecule has 0 spiro atoms. The van der Waals surface area contributed by atoms with Crippen molar-refractivity contribution in [3.8, 4) is 0 Å². The number of aromatic nitrogens is 1. The molecule has 0 saturated heterocycles. The Kier molecular flexibility index (Phi) is 3.46. The van der Waals surface area contributed by atoms with E-state index in [-0.39, 0.29) is 11.6 Å². The summed E-state index contributed by atoms with van der Waals surface area (Å²) in [7, 11) is 0. The average molecular weight is 325 g/mol. The van der Waals surface area contributed by atoms with E-state index >= 15 is 0 Å². The third-order valence-electron chi connectivity index (χ3n) is 4.08. The van der Waals surface area contributed by atoms with E-state index in [4.69, 9.17) is 5.11 Å². The molecule has 122 valence electrons. The maximum atomic E-state index is 14.8. The van der Waals surface area contributed by atoms with E-state index < -0.39 is 51.3 Å². The molecule has 1 aliphatic rings. The Balaban J connectivity index is 2.57. The number of carboxylic acid groups (broad SMARTS) is 1. The number of halogens is 3. The standard InChI is InChI=1S/C16H14F3NO3/c1-6(2)9-11(17)12(18)10-14(13(9)19)20(7-3-4-7)5-8(15(10)21)16(22)23/h5-7H,3-4H2,1-2H3,(H,22,23). The molecule has 1 N–H and O–H groups in total. The quantitative estimate of drug-likeness (QED) is 0.878. The highest BCUT2D eigenvalue weighted by atomic mass is 19.2. The molecule has 0 atom stereocenters. The monoisotopic (exact) mass is 325 g/mol. The molecule has 1 saturated carbocycles. The lowest BCUT2D eigenvalue weighted by Gasteiger charge is -2.17. The number of aromatic carboxylic acids is 1. The minimum Gasteiger partial charge on any atom is -0.477 e. The van der Waals surface area contributed by atoms with Gasteiger partial charge in [-0.3, -0.25) is 4.79 Å². The maximum Gasteiger partial charge on any atom is 0.341 e. The van der Waals surface area contributed by atoms with Crippen LogP contribution in [0.3, 0.4) is 0 Å². The van der Waals surface area contributed by atoms with E-state index in [1.165, 1.54) is 18.4 Å². The van der Waals surface area contributed by atoms with Crippen molar-refractivity contribution < 1.29 is 23.1 Å². The van der Waals surface area contributed by atoms with Gasteiger partial charge in [0, 0.05) is 17.8 Å². The molecule has 1 aromatic carbocycles. The van der Waals surface area contributed by atoms with Crippen molar-refractivity contribution in [3.63, 3.8) is 0 Å². The number of fused-ring (bicyclic) bond motifs is 1. The summed E-state index contributed by atoms with van der Waals surface area (Å²) in [6.07, 6.45) is 2.34. The Bertz CT molecular complexity index is 898. The second-order valence-electron chi connectivity index (χ2n) is 6.05. The van der Waals surface area contributed by atoms with E-state index in [1.807, 2.05) is 0 Å². The van der Waals surface area contributed by atoms with Crippen LogP contribution in [-0.4, -0.2) is 15.6 Å². The fourth-order valence-electron chi connectivity index (χ4n) is 2.81. The Morgan fingerprint density at radius 3 is 2.30 bits per heavy atom. The minimum absolute atomic E-state index is 0.212. The van der Waals surface area contributed by atoms with Gasteiger partial charge >= 0.3 is 5.97 Å². The van der Waals surface area contributed by atoms with Gasteiger partial charge in [0.25, 0.3) is 0 Å². The van der Waals surface area contributed by atoms with Gasteiger partial charge in [-0.05, 0) is 18.8 Å². The molecular weight excluding hydrogens is 311 g/mol. The van der Waals surface area contributed by atoms with Gasteiger partial charge in [0.15, 0.2) is 17.5 Å². The average Bonchev–Trinajstić information content (AvgIpc) is 3.28. The summed E-state index contributed by atoms with van der Waals surface area (Å²) in [5, 5.41) is 8.26. The summed E-state index contributed by atoms with van der Waals surface area (Å²) in [6.45, 7) is 3.02. The molecule has 4 nitrogen and oxygen atoms in total. The van der Waals surface area contributed by atoms with Gasteiger partial charge in [-0.25, -0.2) is 18.0 Å². The smallest absolute Gasteiger partial charge is 0.341 e. The van der Waals surface area contributed by atoms with Crippen LogP contribution in [0.1, 0.15) is 54.6 Å². The molecule has 0 amide bonds. The van der Waals surface area contributed by atoms with Crippen LogP contribution in [0.25, 0.3) is 10.9 Å². The fraction of sp³-hybridized carbons (Fsp3) is 0.375. The molecule has 2 aromatic rings. The lowest BCUT2D eigenvalue weighted by Crippen LogP contribution is -2.22. The third-order valence-corrected chi connectivity index (χ3v) is 4.08. The second kappa shape index (κ2) is 5.11. The molecule has 3 rings (SSSR count). The van der Waals surface area contributed by atoms with E-state index in [0.717, 1.165) is 6.20 Å². The summed E-state index contributed by atoms with van der Waals surface area (Å²) < 4.78 is 44.7. The van der Waals surface area contributed by atoms with Crippen molar-refractivity contribution in [1.82, 2.24) is 4.57 Å². The molecule has 1 fully saturated rings. The molecule has 23 heavy (non-hydrogen) atoms. The zero-order chi connectivity index (χ0) is 17.0. The van der Waals surface area contributed by atoms with E-state index in [1.54, 1.807) is 0 Å². The first-order valence-electron chi connectivity index (χ1n) is 7.24. The number of rotatable bonds is 3. The predicted octanol–water partition coefficient (Wildman–Crippen LogP) is 3.58. The van der Waals surface area contributed by atoms with Crippen LogP contribution < -0.4 is 5.43 Å². The highest BCUT2D eigenvalue weighted by Crippen LogP contribution is 2.39. The van der Waals surface area contributed by atoms with E-state index in [0.29, 0.717) is 12.8 Å². The molecule has 0 radical (unpaired) electrons. The fourth-order valence-corrected chi connectivity index (χ4v) is 2.81. The summed E-state index contributed by atoms with van der Waals surface area (Å²) in [5.41, 5.74) is -2.70. The van der Waals surface area contributed by atoms with Crippen LogP contribution in [0, 0.1) is 17.5 Å². The number of carbonyl (C=O) groups is 1. The van der Waals surface area contributed by atoms with Crippen LogP contribution in [-0.2, 0) is 0 Å². The second-order valence-corrected chi connectivity index (χ2v) is 6.05. The summed E-state index contributed by atoms with van der Waals surface area (Å²) in [4.78, 5) is 23.4. The van der Waals surface area contributed by atoms with Crippen molar-refractivity contribution in [2.24, 2.45) is 0 Å². The van der Waals surface area contributed by atoms with Gasteiger partial charge < -0.3 is 9.67 Å². The first-order chi connectivity index (χ1) is 10.8. The molecule has 0 aliphatic heterocycles. The summed E-state index contributed by atoms with van der Waals surface area (Å²) >= 11 is 0. The molecule has 1 heterocycles. The Hall–Kier alpha value is -2.31. The summed E-state index contributed by atoms with van der Waals surface area (Å²) in [5.74, 6) is -6.12. The number of pyridine rings is 1. The molecular formula is C16H14F3NO3. The van der Waals surface area contributed by atoms with Crippen LogP contribution in [0.2, 0.25) is 0 Å².